The molecule has 3 amide bonds. The van der Waals surface area contributed by atoms with Gasteiger partial charge in [-0.1, -0.05) is 25.1 Å². The number of amides is 3. The van der Waals surface area contributed by atoms with Gasteiger partial charge in [0.2, 0.25) is 5.91 Å². The van der Waals surface area contributed by atoms with Gasteiger partial charge in [0.05, 0.1) is 24.9 Å². The van der Waals surface area contributed by atoms with Gasteiger partial charge in [-0.25, -0.2) is 14.8 Å². The highest BCUT2D eigenvalue weighted by atomic mass is 16.5. The van der Waals surface area contributed by atoms with E-state index in [-0.39, 0.29) is 18.9 Å². The number of carboxylic acids is 1. The summed E-state index contributed by atoms with van der Waals surface area (Å²) in [7, 11) is 1.46. The van der Waals surface area contributed by atoms with Crippen LogP contribution < -0.4 is 20.4 Å². The van der Waals surface area contributed by atoms with Crippen molar-refractivity contribution in [3.05, 3.63) is 48.0 Å². The van der Waals surface area contributed by atoms with Gasteiger partial charge in [0.25, 0.3) is 0 Å². The first-order valence-electron chi connectivity index (χ1n) is 9.85. The van der Waals surface area contributed by atoms with E-state index in [0.717, 1.165) is 5.56 Å². The molecule has 0 saturated heterocycles. The number of aliphatic carboxylic acids is 1. The van der Waals surface area contributed by atoms with E-state index in [4.69, 9.17) is 9.84 Å². The van der Waals surface area contributed by atoms with Gasteiger partial charge in [0.1, 0.15) is 5.75 Å². The summed E-state index contributed by atoms with van der Waals surface area (Å²) in [6.45, 7) is 5.74. The van der Waals surface area contributed by atoms with Gasteiger partial charge in [0, 0.05) is 31.8 Å². The molecular formula is C22H28N4O5. The minimum Gasteiger partial charge on any atom is -0.494 e. The van der Waals surface area contributed by atoms with Crippen molar-refractivity contribution in [2.24, 2.45) is 0 Å². The first-order valence-corrected chi connectivity index (χ1v) is 9.85. The molecule has 0 heterocycles. The predicted molar refractivity (Wildman–Crippen MR) is 119 cm³/mol. The average Bonchev–Trinajstić information content (AvgIpc) is 2.72. The van der Waals surface area contributed by atoms with Crippen molar-refractivity contribution < 1.29 is 24.2 Å². The zero-order valence-corrected chi connectivity index (χ0v) is 18.1. The summed E-state index contributed by atoms with van der Waals surface area (Å²) < 4.78 is 5.41. The van der Waals surface area contributed by atoms with E-state index in [9.17, 15) is 14.4 Å². The zero-order valence-electron chi connectivity index (χ0n) is 18.1. The number of hydrogen-bond acceptors (Lipinski definition) is 5. The number of nitrogens with zero attached hydrogens (tertiary/aromatic N) is 2. The molecule has 0 aliphatic rings. The van der Waals surface area contributed by atoms with Crippen molar-refractivity contribution in [1.82, 2.24) is 5.01 Å². The Hall–Kier alpha value is -3.59. The van der Waals surface area contributed by atoms with E-state index in [0.29, 0.717) is 29.4 Å². The lowest BCUT2D eigenvalue weighted by Crippen LogP contribution is -2.46. The van der Waals surface area contributed by atoms with Gasteiger partial charge in [-0.2, -0.15) is 0 Å². The third-order valence-corrected chi connectivity index (χ3v) is 4.60. The number of carbonyl (C=O) groups excluding carboxylic acids is 2. The first-order chi connectivity index (χ1) is 14.8. The molecule has 0 spiro atoms. The Morgan fingerprint density at radius 3 is 2.32 bits per heavy atom. The number of anilines is 3. The number of carboxylic acid groups (broad SMARTS) is 1. The molecule has 0 unspecified atom stereocenters. The summed E-state index contributed by atoms with van der Waals surface area (Å²) >= 11 is 0. The minimum atomic E-state index is -0.946. The first kappa shape index (κ1) is 23.7. The molecule has 2 aromatic rings. The molecule has 0 fully saturated rings. The molecule has 0 aliphatic heterocycles. The number of benzene rings is 2. The van der Waals surface area contributed by atoms with Crippen LogP contribution in [-0.4, -0.2) is 48.2 Å². The van der Waals surface area contributed by atoms with E-state index in [2.05, 4.69) is 10.6 Å². The van der Waals surface area contributed by atoms with Crippen LogP contribution in [0.3, 0.4) is 0 Å². The van der Waals surface area contributed by atoms with Crippen molar-refractivity contribution in [2.45, 2.75) is 27.2 Å². The van der Waals surface area contributed by atoms with E-state index in [1.807, 2.05) is 32.0 Å². The number of ether oxygens (including phenoxy) is 1. The number of rotatable bonds is 9. The standard InChI is InChI=1S/C22H28N4O5/c1-5-25(13-12-21(28)29)26(16(3)27)17-10-11-19(20(14-17)31-4)24-22(30)23-18-9-7-6-8-15(18)2/h6-11,14H,5,12-13H2,1-4H3,(H,28,29)(H2,23,24,30). The fourth-order valence-corrected chi connectivity index (χ4v) is 3.07. The second-order valence-corrected chi connectivity index (χ2v) is 6.80. The van der Waals surface area contributed by atoms with Crippen molar-refractivity contribution in [1.29, 1.82) is 0 Å². The van der Waals surface area contributed by atoms with Crippen LogP contribution in [0.15, 0.2) is 42.5 Å². The van der Waals surface area contributed by atoms with Crippen LogP contribution in [-0.2, 0) is 9.59 Å². The molecule has 0 atom stereocenters. The Kier molecular flexibility index (Phi) is 8.39. The Bertz CT molecular complexity index is 947. The van der Waals surface area contributed by atoms with Gasteiger partial charge in [-0.3, -0.25) is 9.59 Å². The highest BCUT2D eigenvalue weighted by molar-refractivity contribution is 6.01. The molecule has 0 bridgehead atoms. The van der Waals surface area contributed by atoms with Crippen LogP contribution in [0, 0.1) is 6.92 Å². The summed E-state index contributed by atoms with van der Waals surface area (Å²) in [5, 5.41) is 17.6. The van der Waals surface area contributed by atoms with E-state index >= 15 is 0 Å². The van der Waals surface area contributed by atoms with Crippen molar-refractivity contribution in [3.8, 4) is 5.75 Å². The third kappa shape index (κ3) is 6.45. The molecule has 9 heteroatoms. The smallest absolute Gasteiger partial charge is 0.323 e. The molecule has 0 aliphatic carbocycles. The third-order valence-electron chi connectivity index (χ3n) is 4.60. The summed E-state index contributed by atoms with van der Waals surface area (Å²) in [4.78, 5) is 35.7. The quantitative estimate of drug-likeness (QED) is 0.525. The summed E-state index contributed by atoms with van der Waals surface area (Å²) in [5.41, 5.74) is 2.55. The van der Waals surface area contributed by atoms with Crippen molar-refractivity contribution in [2.75, 3.05) is 35.8 Å². The Balaban J connectivity index is 2.23. The van der Waals surface area contributed by atoms with Crippen LogP contribution in [0.5, 0.6) is 5.75 Å². The lowest BCUT2D eigenvalue weighted by Gasteiger charge is -2.33. The molecule has 2 rings (SSSR count). The lowest BCUT2D eigenvalue weighted by atomic mass is 10.2. The van der Waals surface area contributed by atoms with Crippen molar-refractivity contribution in [3.63, 3.8) is 0 Å². The van der Waals surface area contributed by atoms with Crippen LogP contribution in [0.4, 0.5) is 21.9 Å². The lowest BCUT2D eigenvalue weighted by molar-refractivity contribution is -0.137. The molecular weight excluding hydrogens is 400 g/mol. The fourth-order valence-electron chi connectivity index (χ4n) is 3.07. The number of nitrogens with one attached hydrogen (secondary N) is 2. The summed E-state index contributed by atoms with van der Waals surface area (Å²) in [6.07, 6.45) is -0.104. The average molecular weight is 428 g/mol. The number of hydrazine groups is 1. The SMILES string of the molecule is CCN(CCC(=O)O)N(C(C)=O)c1ccc(NC(=O)Nc2ccccc2C)c(OC)c1. The van der Waals surface area contributed by atoms with Gasteiger partial charge in [-0.15, -0.1) is 0 Å². The second-order valence-electron chi connectivity index (χ2n) is 6.80. The number of hydrogen-bond donors (Lipinski definition) is 3. The zero-order chi connectivity index (χ0) is 23.0. The molecule has 0 saturated carbocycles. The number of methoxy groups -OCH3 is 1. The summed E-state index contributed by atoms with van der Waals surface area (Å²) in [6, 6.07) is 11.9. The number of aryl methyl sites for hydroxylation is 1. The molecule has 0 aromatic heterocycles. The number of urea groups is 1. The van der Waals surface area contributed by atoms with Crippen LogP contribution in [0.1, 0.15) is 25.8 Å². The molecule has 0 radical (unpaired) electrons. The second kappa shape index (κ2) is 11.0. The van der Waals surface area contributed by atoms with Gasteiger partial charge in [0.15, 0.2) is 0 Å². The number of para-hydroxylation sites is 1. The number of carbonyl (C=O) groups is 3. The minimum absolute atomic E-state index is 0.104. The normalized spacial score (nSPS) is 10.5. The van der Waals surface area contributed by atoms with Crippen molar-refractivity contribution >= 4 is 35.0 Å². The maximum absolute atomic E-state index is 12.4. The maximum atomic E-state index is 12.4. The van der Waals surface area contributed by atoms with Crippen LogP contribution in [0.25, 0.3) is 0 Å². The van der Waals surface area contributed by atoms with E-state index in [1.165, 1.54) is 19.0 Å². The Morgan fingerprint density at radius 2 is 1.74 bits per heavy atom. The van der Waals surface area contributed by atoms with Crippen LogP contribution >= 0.6 is 0 Å². The molecule has 9 nitrogen and oxygen atoms in total. The fraction of sp³-hybridized carbons (Fsp3) is 0.318. The highest BCUT2D eigenvalue weighted by Gasteiger charge is 2.21. The Morgan fingerprint density at radius 1 is 1.06 bits per heavy atom. The Labute approximate surface area is 181 Å². The monoisotopic (exact) mass is 428 g/mol. The topological polar surface area (TPSA) is 111 Å². The van der Waals surface area contributed by atoms with Crippen LogP contribution in [0.2, 0.25) is 0 Å². The van der Waals surface area contributed by atoms with Gasteiger partial charge < -0.3 is 20.5 Å². The largest absolute Gasteiger partial charge is 0.494 e. The molecule has 2 aromatic carbocycles. The summed E-state index contributed by atoms with van der Waals surface area (Å²) in [5.74, 6) is -0.857. The molecule has 166 valence electrons. The van der Waals surface area contributed by atoms with E-state index < -0.39 is 12.0 Å². The predicted octanol–water partition coefficient (Wildman–Crippen LogP) is 3.71. The highest BCUT2D eigenvalue weighted by Crippen LogP contribution is 2.31. The van der Waals surface area contributed by atoms with Gasteiger partial charge >= 0.3 is 12.0 Å². The maximum Gasteiger partial charge on any atom is 0.323 e. The molecule has 31 heavy (non-hydrogen) atoms. The van der Waals surface area contributed by atoms with E-state index in [1.54, 1.807) is 29.3 Å². The van der Waals surface area contributed by atoms with Gasteiger partial charge in [-0.05, 0) is 30.7 Å². The molecule has 3 N–H and O–H groups in total.